The minimum atomic E-state index is 0.0526. The maximum Gasteiger partial charge on any atom is 0.225 e. The molecule has 3 aliphatic heterocycles. The fourth-order valence-electron chi connectivity index (χ4n) is 3.91. The molecule has 1 atom stereocenters. The number of hydrogen-bond acceptors (Lipinski definition) is 6. The molecule has 22 heavy (non-hydrogen) atoms. The molecule has 6 nitrogen and oxygen atoms in total. The Labute approximate surface area is 131 Å². The Balaban J connectivity index is 1.76. The normalized spacial score (nSPS) is 29.1. The van der Waals surface area contributed by atoms with E-state index in [0.29, 0.717) is 6.61 Å². The quantitative estimate of drug-likeness (QED) is 0.762. The van der Waals surface area contributed by atoms with Crippen LogP contribution < -0.4 is 4.90 Å². The molecular formula is C16H24N4O2. The Morgan fingerprint density at radius 1 is 1.09 bits per heavy atom. The zero-order valence-electron chi connectivity index (χ0n) is 13.5. The van der Waals surface area contributed by atoms with Crippen molar-refractivity contribution in [1.29, 1.82) is 0 Å². The first kappa shape index (κ1) is 14.4. The highest BCUT2D eigenvalue weighted by Crippen LogP contribution is 2.40. The van der Waals surface area contributed by atoms with Crippen LogP contribution in [0.25, 0.3) is 0 Å². The van der Waals surface area contributed by atoms with Crippen molar-refractivity contribution in [2.24, 2.45) is 0 Å². The molecule has 0 bridgehead atoms. The Hall–Kier alpha value is -1.24. The van der Waals surface area contributed by atoms with Gasteiger partial charge in [-0.05, 0) is 26.9 Å². The summed E-state index contributed by atoms with van der Waals surface area (Å²) in [6, 6.07) is 0. The number of ether oxygens (including phenoxy) is 2. The largest absolute Gasteiger partial charge is 0.378 e. The van der Waals surface area contributed by atoms with Crippen molar-refractivity contribution in [3.05, 3.63) is 17.0 Å². The van der Waals surface area contributed by atoms with Crippen molar-refractivity contribution < 1.29 is 9.47 Å². The molecule has 0 aromatic carbocycles. The Bertz CT molecular complexity index is 574. The van der Waals surface area contributed by atoms with Gasteiger partial charge in [0.05, 0.1) is 37.5 Å². The third-order valence-corrected chi connectivity index (χ3v) is 5.17. The first-order valence-electron chi connectivity index (χ1n) is 8.15. The van der Waals surface area contributed by atoms with Gasteiger partial charge in [-0.1, -0.05) is 0 Å². The second-order valence-corrected chi connectivity index (χ2v) is 6.80. The lowest BCUT2D eigenvalue weighted by Crippen LogP contribution is -2.42. The lowest BCUT2D eigenvalue weighted by atomic mass is 9.80. The monoisotopic (exact) mass is 304 g/mol. The third-order valence-electron chi connectivity index (χ3n) is 5.17. The first-order valence-corrected chi connectivity index (χ1v) is 8.15. The molecule has 1 unspecified atom stereocenters. The molecule has 1 spiro atoms. The Morgan fingerprint density at radius 3 is 2.64 bits per heavy atom. The molecule has 0 aliphatic carbocycles. The van der Waals surface area contributed by atoms with Gasteiger partial charge in [-0.2, -0.15) is 0 Å². The predicted molar refractivity (Wildman–Crippen MR) is 83.2 cm³/mol. The van der Waals surface area contributed by atoms with Gasteiger partial charge < -0.3 is 19.3 Å². The highest BCUT2D eigenvalue weighted by atomic mass is 16.5. The van der Waals surface area contributed by atoms with Crippen molar-refractivity contribution in [2.45, 2.75) is 25.4 Å². The highest BCUT2D eigenvalue weighted by molar-refractivity contribution is 5.42. The molecule has 1 aromatic rings. The molecule has 2 saturated heterocycles. The van der Waals surface area contributed by atoms with Crippen molar-refractivity contribution in [3.8, 4) is 0 Å². The van der Waals surface area contributed by atoms with Crippen molar-refractivity contribution in [3.63, 3.8) is 0 Å². The zero-order chi connectivity index (χ0) is 15.2. The van der Waals surface area contributed by atoms with Gasteiger partial charge >= 0.3 is 0 Å². The molecule has 4 rings (SSSR count). The number of anilines is 1. The summed E-state index contributed by atoms with van der Waals surface area (Å²) in [7, 11) is 2.18. The van der Waals surface area contributed by atoms with E-state index in [1.54, 1.807) is 0 Å². The van der Waals surface area contributed by atoms with Crippen LogP contribution in [0.2, 0.25) is 0 Å². The molecule has 1 aromatic heterocycles. The van der Waals surface area contributed by atoms with E-state index in [-0.39, 0.29) is 5.41 Å². The van der Waals surface area contributed by atoms with E-state index in [4.69, 9.17) is 19.4 Å². The Morgan fingerprint density at radius 2 is 1.91 bits per heavy atom. The summed E-state index contributed by atoms with van der Waals surface area (Å²) in [6.07, 6.45) is 1.12. The second kappa shape index (κ2) is 5.44. The number of aryl methyl sites for hydroxylation is 1. The average molecular weight is 304 g/mol. The van der Waals surface area contributed by atoms with Crippen LogP contribution in [0.15, 0.2) is 0 Å². The van der Waals surface area contributed by atoms with E-state index in [1.165, 1.54) is 11.3 Å². The van der Waals surface area contributed by atoms with Crippen LogP contribution in [0.4, 0.5) is 5.95 Å². The SMILES string of the molecule is Cc1nc(N2CCOCC2)nc2c1COCC21CCN(C)C1. The predicted octanol–water partition coefficient (Wildman–Crippen LogP) is 0.725. The number of nitrogens with zero attached hydrogens (tertiary/aromatic N) is 4. The van der Waals surface area contributed by atoms with Crippen LogP contribution in [-0.2, 0) is 21.5 Å². The first-order chi connectivity index (χ1) is 10.7. The molecule has 0 saturated carbocycles. The van der Waals surface area contributed by atoms with Crippen molar-refractivity contribution in [2.75, 3.05) is 57.9 Å². The molecule has 2 fully saturated rings. The van der Waals surface area contributed by atoms with Crippen LogP contribution in [0.3, 0.4) is 0 Å². The third kappa shape index (κ3) is 2.30. The van der Waals surface area contributed by atoms with E-state index in [0.717, 1.165) is 64.1 Å². The lowest BCUT2D eigenvalue weighted by molar-refractivity contribution is 0.0510. The fourth-order valence-corrected chi connectivity index (χ4v) is 3.91. The molecule has 3 aliphatic rings. The Kier molecular flexibility index (Phi) is 3.55. The van der Waals surface area contributed by atoms with Crippen LogP contribution in [0, 0.1) is 6.92 Å². The molecule has 0 radical (unpaired) electrons. The summed E-state index contributed by atoms with van der Waals surface area (Å²) in [5, 5.41) is 0. The number of morpholine rings is 1. The van der Waals surface area contributed by atoms with E-state index < -0.39 is 0 Å². The fraction of sp³-hybridized carbons (Fsp3) is 0.750. The van der Waals surface area contributed by atoms with Gasteiger partial charge in [0.1, 0.15) is 0 Å². The minimum Gasteiger partial charge on any atom is -0.378 e. The van der Waals surface area contributed by atoms with Crippen LogP contribution >= 0.6 is 0 Å². The summed E-state index contributed by atoms with van der Waals surface area (Å²) in [5.41, 5.74) is 3.56. The topological polar surface area (TPSA) is 50.7 Å². The summed E-state index contributed by atoms with van der Waals surface area (Å²) in [4.78, 5) is 14.4. The van der Waals surface area contributed by atoms with E-state index in [9.17, 15) is 0 Å². The standard InChI is InChI=1S/C16H24N4O2/c1-12-13-9-22-11-16(3-4-19(2)10-16)14(13)18-15(17-12)20-5-7-21-8-6-20/h3-11H2,1-2H3. The summed E-state index contributed by atoms with van der Waals surface area (Å²) in [5.74, 6) is 0.871. The van der Waals surface area contributed by atoms with Gasteiger partial charge in [-0.25, -0.2) is 9.97 Å². The van der Waals surface area contributed by atoms with Gasteiger partial charge in [0, 0.05) is 30.9 Å². The number of likely N-dealkylation sites (N-methyl/N-ethyl adjacent to an activating group) is 1. The molecular weight excluding hydrogens is 280 g/mol. The summed E-state index contributed by atoms with van der Waals surface area (Å²) >= 11 is 0. The maximum atomic E-state index is 5.91. The molecule has 6 heteroatoms. The van der Waals surface area contributed by atoms with E-state index >= 15 is 0 Å². The molecule has 0 amide bonds. The smallest absolute Gasteiger partial charge is 0.225 e. The van der Waals surface area contributed by atoms with Crippen LogP contribution in [0.1, 0.15) is 23.4 Å². The maximum absolute atomic E-state index is 5.91. The van der Waals surface area contributed by atoms with E-state index in [1.807, 2.05) is 0 Å². The number of rotatable bonds is 1. The number of aromatic nitrogens is 2. The van der Waals surface area contributed by atoms with Gasteiger partial charge in [0.25, 0.3) is 0 Å². The van der Waals surface area contributed by atoms with Gasteiger partial charge in [0.15, 0.2) is 0 Å². The molecule has 4 heterocycles. The van der Waals surface area contributed by atoms with Gasteiger partial charge in [0.2, 0.25) is 5.95 Å². The molecule has 120 valence electrons. The number of hydrogen-bond donors (Lipinski definition) is 0. The number of fused-ring (bicyclic) bond motifs is 2. The minimum absolute atomic E-state index is 0.0526. The average Bonchev–Trinajstić information content (AvgIpc) is 2.91. The second-order valence-electron chi connectivity index (χ2n) is 6.80. The van der Waals surface area contributed by atoms with Gasteiger partial charge in [-0.3, -0.25) is 0 Å². The zero-order valence-corrected chi connectivity index (χ0v) is 13.5. The summed E-state index contributed by atoms with van der Waals surface area (Å²) in [6.45, 7) is 8.93. The summed E-state index contributed by atoms with van der Waals surface area (Å²) < 4.78 is 11.4. The van der Waals surface area contributed by atoms with Crippen molar-refractivity contribution in [1.82, 2.24) is 14.9 Å². The van der Waals surface area contributed by atoms with Crippen molar-refractivity contribution >= 4 is 5.95 Å². The van der Waals surface area contributed by atoms with Crippen LogP contribution in [-0.4, -0.2) is 67.9 Å². The highest BCUT2D eigenvalue weighted by Gasteiger charge is 2.44. The van der Waals surface area contributed by atoms with Gasteiger partial charge in [-0.15, -0.1) is 0 Å². The molecule has 0 N–H and O–H groups in total. The number of likely N-dealkylation sites (tertiary alicyclic amines) is 1. The van der Waals surface area contributed by atoms with Crippen LogP contribution in [0.5, 0.6) is 0 Å². The lowest BCUT2D eigenvalue weighted by Gasteiger charge is -2.36. The van der Waals surface area contributed by atoms with E-state index in [2.05, 4.69) is 23.8 Å².